The molecule has 0 spiro atoms. The Hall–Kier alpha value is -0.940. The van der Waals surface area contributed by atoms with Crippen LogP contribution < -0.4 is 10.6 Å². The van der Waals surface area contributed by atoms with Crippen molar-refractivity contribution in [2.24, 2.45) is 5.92 Å². The topological polar surface area (TPSA) is 67.4 Å². The molecule has 1 aliphatic rings. The van der Waals surface area contributed by atoms with Crippen molar-refractivity contribution in [3.8, 4) is 0 Å². The highest BCUT2D eigenvalue weighted by Crippen LogP contribution is 2.25. The van der Waals surface area contributed by atoms with Crippen LogP contribution in [0.2, 0.25) is 0 Å². The number of rotatable bonds is 7. The Labute approximate surface area is 102 Å². The largest absolute Gasteiger partial charge is 0.370 e. The maximum absolute atomic E-state index is 11.5. The third-order valence-corrected chi connectivity index (χ3v) is 3.16. The van der Waals surface area contributed by atoms with Crippen LogP contribution in [0.5, 0.6) is 0 Å². The van der Waals surface area contributed by atoms with E-state index in [0.717, 1.165) is 32.0 Å². The second kappa shape index (κ2) is 8.20. The fraction of sp³-hybridized carbons (Fsp3) is 0.833. The van der Waals surface area contributed by atoms with Gasteiger partial charge in [-0.05, 0) is 18.8 Å². The van der Waals surface area contributed by atoms with Crippen molar-refractivity contribution < 1.29 is 14.3 Å². The van der Waals surface area contributed by atoms with Crippen LogP contribution in [-0.2, 0) is 14.3 Å². The number of methoxy groups -OCH3 is 1. The first-order valence-electron chi connectivity index (χ1n) is 6.22. The van der Waals surface area contributed by atoms with E-state index in [1.165, 1.54) is 6.42 Å². The molecule has 0 aromatic carbocycles. The summed E-state index contributed by atoms with van der Waals surface area (Å²) in [6, 6.07) is -0.327. The lowest BCUT2D eigenvalue weighted by Crippen LogP contribution is -2.45. The number of ether oxygens (including phenoxy) is 1. The number of amides is 1. The molecule has 0 aliphatic heterocycles. The lowest BCUT2D eigenvalue weighted by atomic mass is 9.84. The Bertz CT molecular complexity index is 240. The van der Waals surface area contributed by atoms with Crippen molar-refractivity contribution in [2.45, 2.75) is 38.1 Å². The zero-order chi connectivity index (χ0) is 12.5. The molecule has 0 aromatic rings. The summed E-state index contributed by atoms with van der Waals surface area (Å²) in [6.07, 6.45) is 6.50. The van der Waals surface area contributed by atoms with Gasteiger partial charge in [-0.1, -0.05) is 19.3 Å². The van der Waals surface area contributed by atoms with Gasteiger partial charge >= 0.3 is 0 Å². The quantitative estimate of drug-likeness (QED) is 0.386. The average molecular weight is 242 g/mol. The molecule has 2 N–H and O–H groups in total. The van der Waals surface area contributed by atoms with Gasteiger partial charge in [0.25, 0.3) is 0 Å². The summed E-state index contributed by atoms with van der Waals surface area (Å²) < 4.78 is 4.78. The van der Waals surface area contributed by atoms with E-state index in [-0.39, 0.29) is 18.5 Å². The fourth-order valence-corrected chi connectivity index (χ4v) is 2.26. The van der Waals surface area contributed by atoms with Crippen LogP contribution in [0.4, 0.5) is 0 Å². The van der Waals surface area contributed by atoms with Crippen molar-refractivity contribution in [1.82, 2.24) is 10.6 Å². The lowest BCUT2D eigenvalue weighted by Gasteiger charge is -2.27. The van der Waals surface area contributed by atoms with E-state index in [4.69, 9.17) is 4.74 Å². The van der Waals surface area contributed by atoms with E-state index in [9.17, 15) is 9.59 Å². The highest BCUT2D eigenvalue weighted by molar-refractivity contribution is 5.81. The summed E-state index contributed by atoms with van der Waals surface area (Å²) in [5.74, 6) is 0.164. The Morgan fingerprint density at radius 1 is 1.41 bits per heavy atom. The first kappa shape index (κ1) is 14.1. The van der Waals surface area contributed by atoms with Crippen molar-refractivity contribution >= 4 is 12.2 Å². The summed E-state index contributed by atoms with van der Waals surface area (Å²) >= 11 is 0. The van der Waals surface area contributed by atoms with Crippen molar-refractivity contribution in [3.05, 3.63) is 0 Å². The molecule has 5 heteroatoms. The van der Waals surface area contributed by atoms with Crippen molar-refractivity contribution in [3.63, 3.8) is 0 Å². The van der Waals surface area contributed by atoms with Crippen LogP contribution in [0, 0.1) is 5.92 Å². The van der Waals surface area contributed by atoms with Crippen LogP contribution in [-0.4, -0.2) is 38.6 Å². The van der Waals surface area contributed by atoms with Gasteiger partial charge in [0.15, 0.2) is 0 Å². The zero-order valence-corrected chi connectivity index (χ0v) is 10.4. The number of aldehydes is 1. The summed E-state index contributed by atoms with van der Waals surface area (Å²) in [4.78, 5) is 22.6. The molecule has 0 bridgehead atoms. The van der Waals surface area contributed by atoms with Crippen LogP contribution in [0.25, 0.3) is 0 Å². The predicted molar refractivity (Wildman–Crippen MR) is 64.4 cm³/mol. The van der Waals surface area contributed by atoms with E-state index in [1.807, 2.05) is 0 Å². The first-order valence-corrected chi connectivity index (χ1v) is 6.22. The van der Waals surface area contributed by atoms with Crippen molar-refractivity contribution in [2.75, 3.05) is 20.4 Å². The van der Waals surface area contributed by atoms with E-state index < -0.39 is 0 Å². The van der Waals surface area contributed by atoms with E-state index in [0.29, 0.717) is 12.6 Å². The number of nitrogens with one attached hydrogen (secondary N) is 2. The van der Waals surface area contributed by atoms with Gasteiger partial charge in [0.05, 0.1) is 19.3 Å². The van der Waals surface area contributed by atoms with Gasteiger partial charge in [-0.25, -0.2) is 0 Å². The number of hydrogen-bond acceptors (Lipinski definition) is 4. The van der Waals surface area contributed by atoms with Gasteiger partial charge in [0.2, 0.25) is 5.91 Å². The molecule has 0 saturated heterocycles. The van der Waals surface area contributed by atoms with Crippen LogP contribution in [0.15, 0.2) is 0 Å². The van der Waals surface area contributed by atoms with Gasteiger partial charge in [-0.2, -0.15) is 0 Å². The lowest BCUT2D eigenvalue weighted by molar-refractivity contribution is -0.124. The highest BCUT2D eigenvalue weighted by Gasteiger charge is 2.24. The number of carbonyl (C=O) groups excluding carboxylic acids is 2. The maximum atomic E-state index is 11.5. The zero-order valence-electron chi connectivity index (χ0n) is 10.4. The third kappa shape index (κ3) is 5.28. The molecule has 1 atom stereocenters. The molecule has 98 valence electrons. The molecule has 1 amide bonds. The second-order valence-electron chi connectivity index (χ2n) is 4.49. The second-order valence-corrected chi connectivity index (χ2v) is 4.49. The molecule has 1 aliphatic carbocycles. The van der Waals surface area contributed by atoms with Gasteiger partial charge in [0, 0.05) is 7.11 Å². The van der Waals surface area contributed by atoms with Crippen molar-refractivity contribution in [1.29, 1.82) is 0 Å². The van der Waals surface area contributed by atoms with E-state index in [2.05, 4.69) is 10.6 Å². The van der Waals surface area contributed by atoms with E-state index in [1.54, 1.807) is 7.11 Å². The van der Waals surface area contributed by atoms with Crippen LogP contribution in [0.3, 0.4) is 0 Å². The minimum Gasteiger partial charge on any atom is -0.370 e. The molecule has 1 fully saturated rings. The molecular formula is C12H22N2O3. The van der Waals surface area contributed by atoms with E-state index >= 15 is 0 Å². The average Bonchev–Trinajstić information content (AvgIpc) is 2.37. The number of carbonyl (C=O) groups is 2. The molecule has 0 radical (unpaired) electrons. The molecule has 5 nitrogen and oxygen atoms in total. The maximum Gasteiger partial charge on any atom is 0.234 e. The molecular weight excluding hydrogens is 220 g/mol. The standard InChI is InChI=1S/C12H22N2O3/c1-17-9-13-7-12(16)14-11(8-15)10-5-3-2-4-6-10/h8,10-11,13H,2-7,9H2,1H3,(H,14,16)/t11-/m1/s1. The van der Waals surface area contributed by atoms with Crippen LogP contribution in [0.1, 0.15) is 32.1 Å². The smallest absolute Gasteiger partial charge is 0.234 e. The normalized spacial score (nSPS) is 18.6. The number of hydrogen-bond donors (Lipinski definition) is 2. The Kier molecular flexibility index (Phi) is 6.81. The molecule has 0 heterocycles. The summed E-state index contributed by atoms with van der Waals surface area (Å²) in [5, 5.41) is 5.59. The summed E-state index contributed by atoms with van der Waals surface area (Å²) in [7, 11) is 1.56. The minimum absolute atomic E-state index is 0.148. The van der Waals surface area contributed by atoms with Gasteiger partial charge < -0.3 is 14.8 Å². The Morgan fingerprint density at radius 2 is 2.12 bits per heavy atom. The van der Waals surface area contributed by atoms with Crippen LogP contribution >= 0.6 is 0 Å². The third-order valence-electron chi connectivity index (χ3n) is 3.16. The molecule has 1 saturated carbocycles. The monoisotopic (exact) mass is 242 g/mol. The Balaban J connectivity index is 2.29. The summed E-state index contributed by atoms with van der Waals surface area (Å²) in [6.45, 7) is 0.521. The van der Waals surface area contributed by atoms with Gasteiger partial charge in [-0.3, -0.25) is 10.1 Å². The van der Waals surface area contributed by atoms with Gasteiger partial charge in [0.1, 0.15) is 6.29 Å². The molecule has 0 aromatic heterocycles. The van der Waals surface area contributed by atoms with Gasteiger partial charge in [-0.15, -0.1) is 0 Å². The SMILES string of the molecule is COCNCC(=O)N[C@H](C=O)C1CCCCC1. The minimum atomic E-state index is -0.327. The molecule has 0 unspecified atom stereocenters. The fourth-order valence-electron chi connectivity index (χ4n) is 2.26. The summed E-state index contributed by atoms with van der Waals surface area (Å²) in [5.41, 5.74) is 0. The molecule has 1 rings (SSSR count). The first-order chi connectivity index (χ1) is 8.27. The highest BCUT2D eigenvalue weighted by atomic mass is 16.5. The molecule has 17 heavy (non-hydrogen) atoms. The predicted octanol–water partition coefficient (Wildman–Crippen LogP) is 0.444. The Morgan fingerprint density at radius 3 is 2.71 bits per heavy atom.